The Hall–Kier alpha value is -1.38. The molecule has 0 saturated heterocycles. The second-order valence-electron chi connectivity index (χ2n) is 1.97. The average Bonchev–Trinajstić information content (AvgIpc) is 2.35. The minimum Gasteiger partial charge on any atom is -0.150 e. The third-order valence-electron chi connectivity index (χ3n) is 1.35. The van der Waals surface area contributed by atoms with E-state index in [2.05, 4.69) is 5.10 Å². The van der Waals surface area contributed by atoms with E-state index in [1.165, 1.54) is 6.20 Å². The third-order valence-corrected chi connectivity index (χ3v) is 1.35. The van der Waals surface area contributed by atoms with E-state index in [0.29, 0.717) is 16.9 Å². The monoisotopic (exact) mass is 137 g/mol. The van der Waals surface area contributed by atoms with Crippen molar-refractivity contribution in [3.05, 3.63) is 30.4 Å². The second-order valence-corrected chi connectivity index (χ2v) is 1.97. The molecule has 0 bridgehead atoms. The van der Waals surface area contributed by atoms with Gasteiger partial charge in [-0.2, -0.15) is 0 Å². The van der Waals surface area contributed by atoms with Crippen molar-refractivity contribution in [1.82, 2.24) is 10.0 Å². The van der Waals surface area contributed by atoms with Gasteiger partial charge in [0.15, 0.2) is 0 Å². The first-order valence-corrected chi connectivity index (χ1v) is 2.88. The van der Waals surface area contributed by atoms with Crippen LogP contribution in [-0.4, -0.2) is 10.0 Å². The van der Waals surface area contributed by atoms with Gasteiger partial charge in [0.25, 0.3) is 0 Å². The summed E-state index contributed by atoms with van der Waals surface area (Å²) < 4.78 is 20.0. The molecule has 0 saturated carbocycles. The Kier molecular flexibility index (Phi) is 0.799. The molecule has 2 aromatic rings. The van der Waals surface area contributed by atoms with Gasteiger partial charge < -0.3 is 0 Å². The smallest absolute Gasteiger partial charge is 0.104 e. The molecule has 0 aliphatic heterocycles. The summed E-state index contributed by atoms with van der Waals surface area (Å²) >= 11 is 0. The van der Waals surface area contributed by atoms with Crippen LogP contribution in [0.1, 0.15) is 1.37 Å². The summed E-state index contributed by atoms with van der Waals surface area (Å²) in [6.45, 7) is 0. The molecule has 50 valence electrons. The molecular weight excluding hydrogens is 131 g/mol. The lowest BCUT2D eigenvalue weighted by atomic mass is 10.3. The Morgan fingerprint density at radius 2 is 2.50 bits per heavy atom. The molecular formula is C7H5FN2. The molecule has 1 heterocycles. The highest BCUT2D eigenvalue weighted by molar-refractivity contribution is 5.77. The molecule has 0 amide bonds. The standard InChI is InChI=1S/C7H5FN2/c8-10-7-4-2-1-3-6(7)5-9-10/h1-5H/i3D. The summed E-state index contributed by atoms with van der Waals surface area (Å²) in [4.78, 5) is 0.271. The van der Waals surface area contributed by atoms with E-state index in [-0.39, 0.29) is 4.90 Å². The molecule has 0 atom stereocenters. The van der Waals surface area contributed by atoms with E-state index in [4.69, 9.17) is 1.37 Å². The van der Waals surface area contributed by atoms with E-state index < -0.39 is 0 Å². The molecule has 0 N–H and O–H groups in total. The topological polar surface area (TPSA) is 17.8 Å². The lowest BCUT2D eigenvalue weighted by molar-refractivity contribution is 0.332. The Morgan fingerprint density at radius 3 is 3.30 bits per heavy atom. The van der Waals surface area contributed by atoms with Gasteiger partial charge in [0.05, 0.1) is 7.57 Å². The van der Waals surface area contributed by atoms with Gasteiger partial charge in [0, 0.05) is 5.39 Å². The minimum absolute atomic E-state index is 0.271. The van der Waals surface area contributed by atoms with Crippen LogP contribution in [0.2, 0.25) is 0 Å². The average molecular weight is 137 g/mol. The summed E-state index contributed by atoms with van der Waals surface area (Å²) in [7, 11) is 0. The van der Waals surface area contributed by atoms with Gasteiger partial charge >= 0.3 is 0 Å². The molecule has 0 fully saturated rings. The van der Waals surface area contributed by atoms with E-state index in [1.54, 1.807) is 18.2 Å². The Labute approximate surface area is 58.2 Å². The zero-order valence-corrected chi connectivity index (χ0v) is 5.08. The second kappa shape index (κ2) is 1.80. The maximum absolute atomic E-state index is 12.6. The fourth-order valence-corrected chi connectivity index (χ4v) is 0.876. The van der Waals surface area contributed by atoms with Crippen LogP contribution in [0.4, 0.5) is 4.48 Å². The van der Waals surface area contributed by atoms with Crippen molar-refractivity contribution in [3.8, 4) is 0 Å². The van der Waals surface area contributed by atoms with Gasteiger partial charge in [-0.3, -0.25) is 0 Å². The number of benzene rings is 1. The van der Waals surface area contributed by atoms with Crippen LogP contribution >= 0.6 is 0 Å². The largest absolute Gasteiger partial charge is 0.150 e. The Bertz CT molecular complexity index is 396. The SMILES string of the molecule is [2H]c1cccc2c1cnn2F. The highest BCUT2D eigenvalue weighted by atomic mass is 19.2. The lowest BCUT2D eigenvalue weighted by Gasteiger charge is -1.85. The van der Waals surface area contributed by atoms with Crippen LogP contribution in [-0.2, 0) is 0 Å². The van der Waals surface area contributed by atoms with Crippen molar-refractivity contribution in [2.75, 3.05) is 0 Å². The number of nitrogens with zero attached hydrogens (tertiary/aromatic N) is 2. The first-order valence-electron chi connectivity index (χ1n) is 3.38. The molecule has 0 aliphatic rings. The van der Waals surface area contributed by atoms with Crippen molar-refractivity contribution < 1.29 is 5.85 Å². The van der Waals surface area contributed by atoms with Gasteiger partial charge in [0.2, 0.25) is 0 Å². The van der Waals surface area contributed by atoms with E-state index in [1.807, 2.05) is 0 Å². The van der Waals surface area contributed by atoms with Crippen molar-refractivity contribution >= 4 is 10.9 Å². The van der Waals surface area contributed by atoms with Crippen LogP contribution in [0, 0.1) is 0 Å². The first-order chi connectivity index (χ1) is 5.29. The fraction of sp³-hybridized carbons (Fsp3) is 0. The first kappa shape index (κ1) is 4.44. The number of rotatable bonds is 0. The van der Waals surface area contributed by atoms with Crippen molar-refractivity contribution in [2.24, 2.45) is 0 Å². The summed E-state index contributed by atoms with van der Waals surface area (Å²) in [6.07, 6.45) is 1.34. The normalized spacial score (nSPS) is 11.9. The van der Waals surface area contributed by atoms with Gasteiger partial charge in [-0.25, -0.2) is 0 Å². The molecule has 3 heteroatoms. The van der Waals surface area contributed by atoms with Crippen LogP contribution in [0.5, 0.6) is 0 Å². The lowest BCUT2D eigenvalue weighted by Crippen LogP contribution is -1.80. The maximum Gasteiger partial charge on any atom is 0.104 e. The molecule has 0 aliphatic carbocycles. The van der Waals surface area contributed by atoms with Crippen molar-refractivity contribution in [1.29, 1.82) is 0 Å². The molecule has 0 unspecified atom stereocenters. The number of para-hydroxylation sites is 1. The number of aromatic nitrogens is 2. The molecule has 1 aromatic heterocycles. The van der Waals surface area contributed by atoms with Gasteiger partial charge in [0.1, 0.15) is 5.52 Å². The molecule has 1 aromatic carbocycles. The zero-order valence-electron chi connectivity index (χ0n) is 6.08. The van der Waals surface area contributed by atoms with Crippen molar-refractivity contribution in [3.63, 3.8) is 0 Å². The molecule has 0 spiro atoms. The van der Waals surface area contributed by atoms with Crippen LogP contribution in [0.25, 0.3) is 10.9 Å². The summed E-state index contributed by atoms with van der Waals surface area (Å²) in [5, 5.41) is 3.92. The quantitative estimate of drug-likeness (QED) is 0.541. The van der Waals surface area contributed by atoms with Gasteiger partial charge in [-0.05, 0) is 6.07 Å². The van der Waals surface area contributed by atoms with E-state index in [9.17, 15) is 4.48 Å². The third kappa shape index (κ3) is 0.603. The molecule has 2 nitrogen and oxygen atoms in total. The van der Waals surface area contributed by atoms with Crippen LogP contribution in [0.3, 0.4) is 0 Å². The van der Waals surface area contributed by atoms with Crippen molar-refractivity contribution in [2.45, 2.75) is 0 Å². The van der Waals surface area contributed by atoms with E-state index >= 15 is 0 Å². The predicted octanol–water partition coefficient (Wildman–Crippen LogP) is 1.77. The fourth-order valence-electron chi connectivity index (χ4n) is 0.876. The molecule has 0 radical (unpaired) electrons. The summed E-state index contributed by atoms with van der Waals surface area (Å²) in [5.41, 5.74) is 0.345. The summed E-state index contributed by atoms with van der Waals surface area (Å²) in [6, 6.07) is 5.11. The number of halogens is 1. The summed E-state index contributed by atoms with van der Waals surface area (Å²) in [5.74, 6) is 0. The van der Waals surface area contributed by atoms with Crippen LogP contribution < -0.4 is 0 Å². The van der Waals surface area contributed by atoms with Crippen LogP contribution in [0.15, 0.2) is 30.4 Å². The Balaban J connectivity index is 2.94. The van der Waals surface area contributed by atoms with Gasteiger partial charge in [-0.15, -0.1) is 5.10 Å². The highest BCUT2D eigenvalue weighted by Crippen LogP contribution is 2.11. The predicted molar refractivity (Wildman–Crippen MR) is 36.2 cm³/mol. The molecule has 2 rings (SSSR count). The highest BCUT2D eigenvalue weighted by Gasteiger charge is 1.97. The maximum atomic E-state index is 12.6. The molecule has 10 heavy (non-hydrogen) atoms. The Morgan fingerprint density at radius 1 is 1.60 bits per heavy atom. The number of hydrogen-bond acceptors (Lipinski definition) is 1. The number of fused-ring (bicyclic) bond motifs is 1. The van der Waals surface area contributed by atoms with Gasteiger partial charge in [-0.1, -0.05) is 27.6 Å². The minimum atomic E-state index is 0.271. The zero-order chi connectivity index (χ0) is 7.84. The van der Waals surface area contributed by atoms with E-state index in [0.717, 1.165) is 0 Å². The number of hydrogen-bond donors (Lipinski definition) is 0.